The largest absolute Gasteiger partial charge is 0.487 e. The lowest BCUT2D eigenvalue weighted by Crippen LogP contribution is -2.23. The minimum Gasteiger partial charge on any atom is -0.487 e. The number of nitrogens with zero attached hydrogens (tertiary/aromatic N) is 2. The van der Waals surface area contributed by atoms with Crippen LogP contribution < -0.4 is 4.74 Å². The number of para-hydroxylation sites is 1. The molecule has 0 radical (unpaired) electrons. The number of benzene rings is 1. The van der Waals surface area contributed by atoms with Gasteiger partial charge in [-0.2, -0.15) is 5.10 Å². The summed E-state index contributed by atoms with van der Waals surface area (Å²) >= 11 is 7.37. The minimum atomic E-state index is -0.00450. The van der Waals surface area contributed by atoms with Crippen molar-refractivity contribution in [3.05, 3.63) is 87.6 Å². The van der Waals surface area contributed by atoms with Crippen molar-refractivity contribution < 1.29 is 9.53 Å². The van der Waals surface area contributed by atoms with Crippen LogP contribution >= 0.6 is 22.9 Å². The summed E-state index contributed by atoms with van der Waals surface area (Å²) in [4.78, 5) is 15.1. The van der Waals surface area contributed by atoms with Gasteiger partial charge < -0.3 is 4.74 Å². The minimum absolute atomic E-state index is 0.00450. The molecule has 1 N–H and O–H groups in total. The van der Waals surface area contributed by atoms with Gasteiger partial charge in [0, 0.05) is 22.9 Å². The summed E-state index contributed by atoms with van der Waals surface area (Å²) in [6.45, 7) is 0.405. The van der Waals surface area contributed by atoms with Crippen LogP contribution in [0.4, 0.5) is 0 Å². The Balaban J connectivity index is 1.41. The molecule has 5 nitrogen and oxygen atoms in total. The van der Waals surface area contributed by atoms with E-state index >= 15 is 0 Å². The van der Waals surface area contributed by atoms with Crippen LogP contribution in [-0.2, 0) is 17.8 Å². The van der Waals surface area contributed by atoms with Crippen molar-refractivity contribution >= 4 is 34.4 Å². The number of halogens is 1. The van der Waals surface area contributed by atoms with Gasteiger partial charge in [0.25, 0.3) is 0 Å². The number of rotatable bonds is 6. The van der Waals surface area contributed by atoms with E-state index in [1.54, 1.807) is 11.1 Å². The van der Waals surface area contributed by atoms with E-state index in [1.165, 1.54) is 11.3 Å². The molecule has 1 aliphatic heterocycles. The van der Waals surface area contributed by atoms with Crippen molar-refractivity contribution in [3.8, 4) is 5.75 Å². The van der Waals surface area contributed by atoms with Crippen molar-refractivity contribution in [1.29, 1.82) is 0 Å². The monoisotopic (exact) mass is 411 g/mol. The van der Waals surface area contributed by atoms with Gasteiger partial charge in [-0.1, -0.05) is 35.9 Å². The summed E-state index contributed by atoms with van der Waals surface area (Å²) in [5.74, 6) is 0.805. The van der Waals surface area contributed by atoms with Crippen LogP contribution in [0.5, 0.6) is 5.75 Å². The van der Waals surface area contributed by atoms with Crippen molar-refractivity contribution in [3.63, 3.8) is 0 Å². The van der Waals surface area contributed by atoms with Crippen LogP contribution in [0, 0.1) is 0 Å². The predicted molar refractivity (Wildman–Crippen MR) is 111 cm³/mol. The molecular formula is C21H18ClN3O2S. The molecule has 0 spiro atoms. The highest BCUT2D eigenvalue weighted by Gasteiger charge is 2.17. The fourth-order valence-electron chi connectivity index (χ4n) is 2.85. The number of hydrogen-bond acceptors (Lipinski definition) is 4. The second-order valence-electron chi connectivity index (χ2n) is 6.31. The van der Waals surface area contributed by atoms with Gasteiger partial charge in [0.2, 0.25) is 5.91 Å². The first-order valence-corrected chi connectivity index (χ1v) is 10.0. The first kappa shape index (κ1) is 18.5. The van der Waals surface area contributed by atoms with Gasteiger partial charge >= 0.3 is 0 Å². The van der Waals surface area contributed by atoms with Crippen molar-refractivity contribution in [2.45, 2.75) is 19.4 Å². The Labute approximate surface area is 171 Å². The molecule has 0 fully saturated rings. The molecule has 0 unspecified atom stereocenters. The number of thiophene rings is 1. The van der Waals surface area contributed by atoms with E-state index in [4.69, 9.17) is 16.3 Å². The van der Waals surface area contributed by atoms with Gasteiger partial charge in [0.15, 0.2) is 0 Å². The number of carbonyl (C=O) groups is 1. The molecule has 28 heavy (non-hydrogen) atoms. The predicted octanol–water partition coefficient (Wildman–Crippen LogP) is 5.03. The molecule has 4 rings (SSSR count). The van der Waals surface area contributed by atoms with Crippen LogP contribution in [0.2, 0.25) is 4.34 Å². The number of allylic oxidation sites excluding steroid dienone is 2. The quantitative estimate of drug-likeness (QED) is 0.618. The Bertz CT molecular complexity index is 1020. The standard InChI is InChI=1S/C21H18ClN3O2S/c22-20-9-8-18(28-20)12-21(26)25-10-4-5-15(13-25)19-11-16(23-24-19)14-27-17-6-2-1-3-7-17/h1-4,6-11,13H,5,12,14H2,(H,23,24). The first-order chi connectivity index (χ1) is 13.7. The van der Waals surface area contributed by atoms with E-state index < -0.39 is 0 Å². The molecule has 0 atom stereocenters. The van der Waals surface area contributed by atoms with Crippen molar-refractivity contribution in [1.82, 2.24) is 15.1 Å². The Hall–Kier alpha value is -2.83. The lowest BCUT2D eigenvalue weighted by molar-refractivity contribution is -0.125. The van der Waals surface area contributed by atoms with E-state index in [1.807, 2.05) is 60.8 Å². The van der Waals surface area contributed by atoms with Gasteiger partial charge in [0.05, 0.1) is 22.1 Å². The lowest BCUT2D eigenvalue weighted by Gasteiger charge is -2.18. The topological polar surface area (TPSA) is 58.2 Å². The average molecular weight is 412 g/mol. The number of nitrogens with one attached hydrogen (secondary N) is 1. The second-order valence-corrected chi connectivity index (χ2v) is 8.11. The molecule has 1 aliphatic rings. The Kier molecular flexibility index (Phi) is 5.60. The summed E-state index contributed by atoms with van der Waals surface area (Å²) in [5, 5.41) is 7.38. The fraction of sp³-hybridized carbons (Fsp3) is 0.143. The summed E-state index contributed by atoms with van der Waals surface area (Å²) in [6, 6.07) is 15.3. The number of carbonyl (C=O) groups excluding carboxylic acids is 1. The van der Waals surface area contributed by atoms with Crippen LogP contribution in [0.25, 0.3) is 5.57 Å². The Morgan fingerprint density at radius 1 is 1.25 bits per heavy atom. The zero-order chi connectivity index (χ0) is 19.3. The van der Waals surface area contributed by atoms with Crippen molar-refractivity contribution in [2.75, 3.05) is 0 Å². The van der Waals surface area contributed by atoms with Crippen LogP contribution in [0.15, 0.2) is 67.0 Å². The van der Waals surface area contributed by atoms with Crippen LogP contribution in [0.1, 0.15) is 22.7 Å². The molecule has 7 heteroatoms. The molecule has 3 heterocycles. The first-order valence-electron chi connectivity index (χ1n) is 8.82. The molecular weight excluding hydrogens is 394 g/mol. The highest BCUT2D eigenvalue weighted by atomic mass is 35.5. The highest BCUT2D eigenvalue weighted by Crippen LogP contribution is 2.25. The summed E-state index contributed by atoms with van der Waals surface area (Å²) < 4.78 is 6.43. The molecule has 0 bridgehead atoms. The zero-order valence-electron chi connectivity index (χ0n) is 15.0. The molecule has 0 aliphatic carbocycles. The highest BCUT2D eigenvalue weighted by molar-refractivity contribution is 7.16. The van der Waals surface area contributed by atoms with Crippen LogP contribution in [-0.4, -0.2) is 21.0 Å². The average Bonchev–Trinajstić information content (AvgIpc) is 3.36. The molecule has 3 aromatic rings. The number of ether oxygens (including phenoxy) is 1. The van der Waals surface area contributed by atoms with Gasteiger partial charge in [-0.05, 0) is 36.8 Å². The maximum atomic E-state index is 12.6. The summed E-state index contributed by atoms with van der Waals surface area (Å²) in [6.07, 6.45) is 6.65. The van der Waals surface area contributed by atoms with Crippen molar-refractivity contribution in [2.24, 2.45) is 0 Å². The van der Waals surface area contributed by atoms with Gasteiger partial charge in [0.1, 0.15) is 12.4 Å². The third-order valence-corrected chi connectivity index (χ3v) is 5.47. The zero-order valence-corrected chi connectivity index (χ0v) is 16.5. The normalized spacial score (nSPS) is 13.5. The maximum Gasteiger partial charge on any atom is 0.235 e. The second kappa shape index (κ2) is 8.46. The number of hydrogen-bond donors (Lipinski definition) is 1. The lowest BCUT2D eigenvalue weighted by atomic mass is 10.1. The number of aromatic nitrogens is 2. The van der Waals surface area contributed by atoms with Gasteiger partial charge in [-0.25, -0.2) is 0 Å². The molecule has 0 saturated carbocycles. The molecule has 1 aromatic carbocycles. The summed E-state index contributed by atoms with van der Waals surface area (Å²) in [5.41, 5.74) is 2.66. The number of H-pyrrole nitrogens is 1. The van der Waals surface area contributed by atoms with Gasteiger partial charge in [-0.3, -0.25) is 14.8 Å². The number of aromatic amines is 1. The molecule has 2 aromatic heterocycles. The van der Waals surface area contributed by atoms with E-state index in [2.05, 4.69) is 10.2 Å². The maximum absolute atomic E-state index is 12.6. The SMILES string of the molecule is O=C(Cc1ccc(Cl)s1)N1C=CCC(c2cc(COc3ccccc3)[nH]n2)=C1. The third-order valence-electron chi connectivity index (χ3n) is 4.24. The van der Waals surface area contributed by atoms with E-state index in [9.17, 15) is 4.79 Å². The smallest absolute Gasteiger partial charge is 0.235 e. The van der Waals surface area contributed by atoms with E-state index in [0.29, 0.717) is 17.4 Å². The van der Waals surface area contributed by atoms with E-state index in [-0.39, 0.29) is 5.91 Å². The molecule has 1 amide bonds. The molecule has 0 saturated heterocycles. The third kappa shape index (κ3) is 4.52. The Morgan fingerprint density at radius 2 is 2.11 bits per heavy atom. The summed E-state index contributed by atoms with van der Waals surface area (Å²) in [7, 11) is 0. The van der Waals surface area contributed by atoms with E-state index in [0.717, 1.165) is 34.0 Å². The fourth-order valence-corrected chi connectivity index (χ4v) is 3.93. The van der Waals surface area contributed by atoms with Crippen LogP contribution in [0.3, 0.4) is 0 Å². The molecule has 142 valence electrons. The number of amides is 1. The van der Waals surface area contributed by atoms with Gasteiger partial charge in [-0.15, -0.1) is 11.3 Å². The Morgan fingerprint density at radius 3 is 2.89 bits per heavy atom.